The van der Waals surface area contributed by atoms with Gasteiger partial charge in [0, 0.05) is 5.02 Å². The Morgan fingerprint density at radius 2 is 2.00 bits per heavy atom. The maximum atomic E-state index is 10.7. The summed E-state index contributed by atoms with van der Waals surface area (Å²) in [5, 5.41) is 13.5. The number of halogens is 1. The van der Waals surface area contributed by atoms with E-state index in [2.05, 4.69) is 15.1 Å². The van der Waals surface area contributed by atoms with Crippen LogP contribution in [-0.2, 0) is 0 Å². The molecule has 0 atom stereocenters. The highest BCUT2D eigenvalue weighted by atomic mass is 35.5. The van der Waals surface area contributed by atoms with Crippen molar-refractivity contribution >= 4 is 17.4 Å². The van der Waals surface area contributed by atoms with Gasteiger partial charge in [0.05, 0.1) is 6.07 Å². The summed E-state index contributed by atoms with van der Waals surface area (Å²) in [6.45, 7) is 2.04. The molecule has 0 unspecified atom stereocenters. The van der Waals surface area contributed by atoms with Crippen molar-refractivity contribution < 1.29 is 5.11 Å². The highest BCUT2D eigenvalue weighted by Crippen LogP contribution is 2.07. The number of benzene rings is 1. The Labute approximate surface area is 113 Å². The van der Waals surface area contributed by atoms with E-state index >= 15 is 0 Å². The second-order valence-electron chi connectivity index (χ2n) is 3.78. The van der Waals surface area contributed by atoms with Crippen LogP contribution >= 0.6 is 11.6 Å². The molecule has 0 saturated carbocycles. The summed E-state index contributed by atoms with van der Waals surface area (Å²) < 4.78 is 1.13. The topological polar surface area (TPSA) is 83.3 Å². The Morgan fingerprint density at radius 3 is 2.63 bits per heavy atom. The Balaban J connectivity index is 0.000000148. The average molecular weight is 279 g/mol. The average Bonchev–Trinajstić information content (AvgIpc) is 2.82. The number of nitrogens with one attached hydrogen (secondary N) is 1. The number of hydrogen-bond donors (Lipinski definition) is 2. The molecule has 2 aromatic heterocycles. The third-order valence-electron chi connectivity index (χ3n) is 2.27. The van der Waals surface area contributed by atoms with E-state index in [0.717, 1.165) is 15.6 Å². The van der Waals surface area contributed by atoms with Gasteiger partial charge in [-0.15, -0.1) is 0 Å². The molecule has 0 amide bonds. The van der Waals surface area contributed by atoms with E-state index in [-0.39, 0.29) is 11.7 Å². The van der Waals surface area contributed by atoms with Crippen LogP contribution in [0.15, 0.2) is 41.5 Å². The third-order valence-corrected chi connectivity index (χ3v) is 2.52. The molecular weight excluding hydrogens is 268 g/mol. The highest BCUT2D eigenvalue weighted by Gasteiger charge is 2.00. The minimum absolute atomic E-state index is 0.221. The van der Waals surface area contributed by atoms with E-state index < -0.39 is 5.56 Å². The SMILES string of the molecule is Cc1ccc(Cl)cc1.O=c1cc(O)n2ncnc2[nH]1. The molecule has 1 aromatic carbocycles. The second-order valence-corrected chi connectivity index (χ2v) is 4.22. The molecule has 98 valence electrons. The van der Waals surface area contributed by atoms with Crippen LogP contribution in [0.1, 0.15) is 5.56 Å². The molecule has 3 rings (SSSR count). The van der Waals surface area contributed by atoms with Crippen molar-refractivity contribution in [2.75, 3.05) is 0 Å². The maximum absolute atomic E-state index is 10.7. The van der Waals surface area contributed by atoms with Crippen molar-refractivity contribution in [3.8, 4) is 5.88 Å². The van der Waals surface area contributed by atoms with E-state index in [1.165, 1.54) is 11.9 Å². The van der Waals surface area contributed by atoms with Gasteiger partial charge in [-0.25, -0.2) is 0 Å². The summed E-state index contributed by atoms with van der Waals surface area (Å²) in [6.07, 6.45) is 1.24. The maximum Gasteiger partial charge on any atom is 0.256 e. The van der Waals surface area contributed by atoms with Crippen LogP contribution in [0, 0.1) is 6.92 Å². The summed E-state index contributed by atoms with van der Waals surface area (Å²) in [7, 11) is 0. The molecule has 0 fully saturated rings. The summed E-state index contributed by atoms with van der Waals surface area (Å²) in [5.41, 5.74) is 0.845. The summed E-state index contributed by atoms with van der Waals surface area (Å²) in [5.74, 6) is 0.0104. The lowest BCUT2D eigenvalue weighted by Gasteiger charge is -1.92. The van der Waals surface area contributed by atoms with Gasteiger partial charge >= 0.3 is 0 Å². The van der Waals surface area contributed by atoms with Crippen molar-refractivity contribution in [3.63, 3.8) is 0 Å². The van der Waals surface area contributed by atoms with Gasteiger partial charge in [-0.1, -0.05) is 29.3 Å². The van der Waals surface area contributed by atoms with Crippen LogP contribution in [0.25, 0.3) is 5.78 Å². The molecular formula is C12H11ClN4O2. The van der Waals surface area contributed by atoms with Crippen LogP contribution in [0.3, 0.4) is 0 Å². The fourth-order valence-corrected chi connectivity index (χ4v) is 1.48. The van der Waals surface area contributed by atoms with Crippen molar-refractivity contribution in [1.82, 2.24) is 19.6 Å². The lowest BCUT2D eigenvalue weighted by molar-refractivity contribution is 0.434. The van der Waals surface area contributed by atoms with Crippen LogP contribution in [0.5, 0.6) is 5.88 Å². The third kappa shape index (κ3) is 3.32. The standard InChI is InChI=1S/C7H7Cl.C5H4N4O2/c1-6-2-4-7(8)5-3-6;10-3-1-4(11)9-5(8-3)6-2-7-9/h2-5H,1H3;1-2,11H,(H,6,7,8,10). The molecule has 0 radical (unpaired) electrons. The first-order chi connectivity index (χ1) is 9.06. The Morgan fingerprint density at radius 1 is 1.32 bits per heavy atom. The molecule has 0 spiro atoms. The van der Waals surface area contributed by atoms with Gasteiger partial charge in [0.15, 0.2) is 0 Å². The van der Waals surface area contributed by atoms with E-state index in [4.69, 9.17) is 16.7 Å². The lowest BCUT2D eigenvalue weighted by atomic mass is 10.2. The monoisotopic (exact) mass is 278 g/mol. The van der Waals surface area contributed by atoms with Gasteiger partial charge in [-0.05, 0) is 19.1 Å². The normalized spacial score (nSPS) is 10.0. The number of nitrogens with zero attached hydrogens (tertiary/aromatic N) is 3. The minimum Gasteiger partial charge on any atom is -0.493 e. The minimum atomic E-state index is -0.400. The van der Waals surface area contributed by atoms with Crippen LogP contribution in [0.4, 0.5) is 0 Å². The zero-order valence-corrected chi connectivity index (χ0v) is 10.8. The van der Waals surface area contributed by atoms with E-state index in [0.29, 0.717) is 0 Å². The first-order valence-electron chi connectivity index (χ1n) is 5.40. The number of aromatic nitrogens is 4. The molecule has 6 nitrogen and oxygen atoms in total. The van der Waals surface area contributed by atoms with Gasteiger partial charge in [0.2, 0.25) is 11.7 Å². The number of H-pyrrole nitrogens is 1. The van der Waals surface area contributed by atoms with Crippen molar-refractivity contribution in [2.24, 2.45) is 0 Å². The van der Waals surface area contributed by atoms with Crippen molar-refractivity contribution in [3.05, 3.63) is 57.6 Å². The summed E-state index contributed by atoms with van der Waals surface area (Å²) in [6, 6.07) is 8.78. The van der Waals surface area contributed by atoms with Crippen LogP contribution in [0.2, 0.25) is 5.02 Å². The fraction of sp³-hybridized carbons (Fsp3) is 0.0833. The molecule has 7 heteroatoms. The number of fused-ring (bicyclic) bond motifs is 1. The molecule has 0 aliphatic carbocycles. The summed E-state index contributed by atoms with van der Waals surface area (Å²) in [4.78, 5) is 16.8. The number of rotatable bonds is 0. The smallest absolute Gasteiger partial charge is 0.256 e. The van der Waals surface area contributed by atoms with Crippen molar-refractivity contribution in [1.29, 1.82) is 0 Å². The molecule has 0 aliphatic heterocycles. The predicted octanol–water partition coefficient (Wildman–Crippen LogP) is 1.77. The quantitative estimate of drug-likeness (QED) is 0.656. The fourth-order valence-electron chi connectivity index (χ4n) is 1.35. The van der Waals surface area contributed by atoms with Gasteiger partial charge in [-0.2, -0.15) is 14.6 Å². The molecule has 3 aromatic rings. The second kappa shape index (κ2) is 5.53. The van der Waals surface area contributed by atoms with E-state index in [1.54, 1.807) is 0 Å². The first kappa shape index (κ1) is 13.1. The predicted molar refractivity (Wildman–Crippen MR) is 71.5 cm³/mol. The zero-order chi connectivity index (χ0) is 13.8. The molecule has 2 heterocycles. The van der Waals surface area contributed by atoms with Gasteiger partial charge < -0.3 is 5.11 Å². The molecule has 0 bridgehead atoms. The van der Waals surface area contributed by atoms with Crippen LogP contribution in [-0.4, -0.2) is 24.7 Å². The molecule has 2 N–H and O–H groups in total. The van der Waals surface area contributed by atoms with Crippen LogP contribution < -0.4 is 5.56 Å². The lowest BCUT2D eigenvalue weighted by Crippen LogP contribution is -2.07. The van der Waals surface area contributed by atoms with Gasteiger partial charge in [0.25, 0.3) is 5.56 Å². The number of aryl methyl sites for hydroxylation is 1. The van der Waals surface area contributed by atoms with E-state index in [9.17, 15) is 4.79 Å². The largest absolute Gasteiger partial charge is 0.493 e. The van der Waals surface area contributed by atoms with Crippen molar-refractivity contribution in [2.45, 2.75) is 6.92 Å². The highest BCUT2D eigenvalue weighted by molar-refractivity contribution is 6.30. The Hall–Kier alpha value is -2.34. The molecule has 19 heavy (non-hydrogen) atoms. The zero-order valence-electron chi connectivity index (χ0n) is 10.0. The molecule has 0 saturated heterocycles. The molecule has 0 aliphatic rings. The first-order valence-corrected chi connectivity index (χ1v) is 5.78. The summed E-state index contributed by atoms with van der Waals surface area (Å²) >= 11 is 5.61. The van der Waals surface area contributed by atoms with Gasteiger partial charge in [-0.3, -0.25) is 9.78 Å². The Kier molecular flexibility index (Phi) is 3.82. The van der Waals surface area contributed by atoms with Gasteiger partial charge in [0.1, 0.15) is 6.33 Å². The number of aromatic hydroxyl groups is 1. The Bertz CT molecular complexity index is 712. The number of aromatic amines is 1. The number of hydrogen-bond acceptors (Lipinski definition) is 4. The van der Waals surface area contributed by atoms with E-state index in [1.807, 2.05) is 31.2 Å².